The molecule has 0 radical (unpaired) electrons. The van der Waals surface area contributed by atoms with E-state index in [9.17, 15) is 0 Å². The number of aliphatic hydroxyl groups is 1. The third-order valence-electron chi connectivity index (χ3n) is 1.65. The zero-order chi connectivity index (χ0) is 10.4. The highest BCUT2D eigenvalue weighted by Crippen LogP contribution is 2.21. The van der Waals surface area contributed by atoms with E-state index in [1.54, 1.807) is 29.9 Å². The minimum Gasteiger partial charge on any atom is -0.396 e. The summed E-state index contributed by atoms with van der Waals surface area (Å²) in [6.07, 6.45) is 3.57. The number of rotatable bonds is 5. The van der Waals surface area contributed by atoms with Crippen molar-refractivity contribution in [2.45, 2.75) is 17.0 Å². The first-order valence-corrected chi connectivity index (χ1v) is 6.57. The highest BCUT2D eigenvalue weighted by Gasteiger charge is 2.03. The van der Waals surface area contributed by atoms with Crippen LogP contribution < -0.4 is 0 Å². The molecule has 0 fully saturated rings. The van der Waals surface area contributed by atoms with Crippen LogP contribution in [0.3, 0.4) is 0 Å². The van der Waals surface area contributed by atoms with Crippen LogP contribution in [0.4, 0.5) is 0 Å². The van der Waals surface area contributed by atoms with Gasteiger partial charge < -0.3 is 5.11 Å². The summed E-state index contributed by atoms with van der Waals surface area (Å²) in [4.78, 5) is 8.24. The predicted octanol–water partition coefficient (Wildman–Crippen LogP) is 1.92. The van der Waals surface area contributed by atoms with Crippen LogP contribution in [0.15, 0.2) is 22.4 Å². The van der Waals surface area contributed by atoms with Gasteiger partial charge in [0.2, 0.25) is 0 Å². The van der Waals surface area contributed by atoms with Gasteiger partial charge in [-0.2, -0.15) is 0 Å². The molecule has 1 atom stereocenters. The summed E-state index contributed by atoms with van der Waals surface area (Å²) in [6.45, 7) is 2.25. The second-order valence-corrected chi connectivity index (χ2v) is 4.86. The fourth-order valence-electron chi connectivity index (χ4n) is 0.794. The van der Waals surface area contributed by atoms with Crippen LogP contribution in [0.1, 0.15) is 6.92 Å². The first-order chi connectivity index (χ1) is 6.76. The molecule has 0 aromatic carbocycles. The molecule has 1 heterocycles. The molecule has 0 bridgehead atoms. The molecule has 78 valence electrons. The largest absolute Gasteiger partial charge is 0.396 e. The van der Waals surface area contributed by atoms with Gasteiger partial charge in [-0.3, -0.25) is 0 Å². The number of aromatic nitrogens is 2. The Balaban J connectivity index is 2.50. The van der Waals surface area contributed by atoms with Crippen LogP contribution in [-0.2, 0) is 0 Å². The van der Waals surface area contributed by atoms with Gasteiger partial charge in [0, 0.05) is 18.4 Å². The molecule has 0 aliphatic rings. The average Bonchev–Trinajstić information content (AvgIpc) is 2.26. The molecule has 1 N–H and O–H groups in total. The van der Waals surface area contributed by atoms with Crippen molar-refractivity contribution in [3.63, 3.8) is 0 Å². The molecule has 0 aliphatic heterocycles. The highest BCUT2D eigenvalue weighted by atomic mass is 32.2. The molecule has 1 unspecified atom stereocenters. The van der Waals surface area contributed by atoms with E-state index in [1.165, 1.54) is 0 Å². The number of aliphatic hydroxyl groups excluding tert-OH is 1. The van der Waals surface area contributed by atoms with Crippen molar-refractivity contribution in [3.8, 4) is 0 Å². The third-order valence-corrected chi connectivity index (χ3v) is 3.55. The Hall–Kier alpha value is -0.260. The summed E-state index contributed by atoms with van der Waals surface area (Å²) in [5, 5.41) is 10.8. The molecule has 0 saturated heterocycles. The van der Waals surface area contributed by atoms with Crippen LogP contribution in [0, 0.1) is 5.92 Å². The van der Waals surface area contributed by atoms with Crippen LogP contribution in [0.5, 0.6) is 0 Å². The molecule has 1 aromatic heterocycles. The van der Waals surface area contributed by atoms with Gasteiger partial charge in [-0.05, 0) is 12.2 Å². The molecule has 0 aliphatic carbocycles. The molecule has 1 rings (SSSR count). The van der Waals surface area contributed by atoms with E-state index in [4.69, 9.17) is 5.11 Å². The van der Waals surface area contributed by atoms with Gasteiger partial charge in [-0.25, -0.2) is 9.97 Å². The predicted molar refractivity (Wildman–Crippen MR) is 60.8 cm³/mol. The third kappa shape index (κ3) is 3.86. The van der Waals surface area contributed by atoms with Gasteiger partial charge in [0.25, 0.3) is 0 Å². The Morgan fingerprint density at radius 3 is 2.79 bits per heavy atom. The molecule has 1 aromatic rings. The van der Waals surface area contributed by atoms with Gasteiger partial charge in [-0.15, -0.1) is 23.5 Å². The van der Waals surface area contributed by atoms with E-state index < -0.39 is 0 Å². The molecule has 5 heteroatoms. The smallest absolute Gasteiger partial charge is 0.117 e. The Bertz CT molecular complexity index is 283. The fourth-order valence-corrected chi connectivity index (χ4v) is 2.13. The maximum atomic E-state index is 8.86. The summed E-state index contributed by atoms with van der Waals surface area (Å²) in [5.74, 6) is 1.20. The Morgan fingerprint density at radius 1 is 1.43 bits per heavy atom. The Morgan fingerprint density at radius 2 is 2.14 bits per heavy atom. The van der Waals surface area contributed by atoms with Crippen molar-refractivity contribution < 1.29 is 5.11 Å². The Labute approximate surface area is 92.7 Å². The zero-order valence-electron chi connectivity index (χ0n) is 8.30. The van der Waals surface area contributed by atoms with Crippen molar-refractivity contribution in [3.05, 3.63) is 12.4 Å². The normalized spacial score (nSPS) is 12.8. The lowest BCUT2D eigenvalue weighted by Gasteiger charge is -2.06. The van der Waals surface area contributed by atoms with E-state index >= 15 is 0 Å². The molecular weight excluding hydrogens is 216 g/mol. The van der Waals surface area contributed by atoms with Gasteiger partial charge in [-0.1, -0.05) is 6.92 Å². The van der Waals surface area contributed by atoms with Gasteiger partial charge >= 0.3 is 0 Å². The van der Waals surface area contributed by atoms with Crippen LogP contribution in [0.25, 0.3) is 0 Å². The first kappa shape index (κ1) is 11.8. The summed E-state index contributed by atoms with van der Waals surface area (Å²) in [5.41, 5.74) is 0. The lowest BCUT2D eigenvalue weighted by atomic mass is 10.2. The van der Waals surface area contributed by atoms with E-state index in [2.05, 4.69) is 9.97 Å². The standard InChI is InChI=1S/C9H14N2OS2/c1-7(4-12)5-14-9-3-8(13-2)10-6-11-9/h3,6-7,12H,4-5H2,1-2H3. The zero-order valence-corrected chi connectivity index (χ0v) is 9.94. The summed E-state index contributed by atoms with van der Waals surface area (Å²) in [7, 11) is 0. The second-order valence-electron chi connectivity index (χ2n) is 3.00. The van der Waals surface area contributed by atoms with Crippen molar-refractivity contribution in [1.29, 1.82) is 0 Å². The van der Waals surface area contributed by atoms with E-state index in [1.807, 2.05) is 19.2 Å². The number of hydrogen-bond acceptors (Lipinski definition) is 5. The van der Waals surface area contributed by atoms with Gasteiger partial charge in [0.1, 0.15) is 16.4 Å². The summed E-state index contributed by atoms with van der Waals surface area (Å²) >= 11 is 3.27. The summed E-state index contributed by atoms with van der Waals surface area (Å²) < 4.78 is 0. The maximum absolute atomic E-state index is 8.86. The number of thioether (sulfide) groups is 2. The lowest BCUT2D eigenvalue weighted by Crippen LogP contribution is -2.03. The number of nitrogens with zero attached hydrogens (tertiary/aromatic N) is 2. The Kier molecular flexibility index (Phi) is 5.29. The average molecular weight is 230 g/mol. The molecule has 0 saturated carbocycles. The van der Waals surface area contributed by atoms with Crippen molar-refractivity contribution in [2.24, 2.45) is 5.92 Å². The van der Waals surface area contributed by atoms with Gasteiger partial charge in [0.05, 0.1) is 0 Å². The highest BCUT2D eigenvalue weighted by molar-refractivity contribution is 7.99. The number of hydrogen-bond donors (Lipinski definition) is 1. The minimum absolute atomic E-state index is 0.230. The van der Waals surface area contributed by atoms with Crippen LogP contribution >= 0.6 is 23.5 Å². The van der Waals surface area contributed by atoms with Crippen molar-refractivity contribution in [2.75, 3.05) is 18.6 Å². The van der Waals surface area contributed by atoms with Gasteiger partial charge in [0.15, 0.2) is 0 Å². The maximum Gasteiger partial charge on any atom is 0.117 e. The molecule has 0 amide bonds. The van der Waals surface area contributed by atoms with Crippen molar-refractivity contribution in [1.82, 2.24) is 9.97 Å². The monoisotopic (exact) mass is 230 g/mol. The quantitative estimate of drug-likeness (QED) is 0.618. The summed E-state index contributed by atoms with van der Waals surface area (Å²) in [6, 6.07) is 1.97. The van der Waals surface area contributed by atoms with E-state index in [0.29, 0.717) is 5.92 Å². The topological polar surface area (TPSA) is 46.0 Å². The van der Waals surface area contributed by atoms with E-state index in [-0.39, 0.29) is 6.61 Å². The SMILES string of the molecule is CSc1cc(SCC(C)CO)ncn1. The molecule has 0 spiro atoms. The van der Waals surface area contributed by atoms with Crippen LogP contribution in [0.2, 0.25) is 0 Å². The van der Waals surface area contributed by atoms with Crippen molar-refractivity contribution >= 4 is 23.5 Å². The van der Waals surface area contributed by atoms with E-state index in [0.717, 1.165) is 15.8 Å². The first-order valence-electron chi connectivity index (χ1n) is 4.36. The molecule has 3 nitrogen and oxygen atoms in total. The molecule has 14 heavy (non-hydrogen) atoms. The minimum atomic E-state index is 0.230. The van der Waals surface area contributed by atoms with Crippen LogP contribution in [-0.4, -0.2) is 33.7 Å². The molecular formula is C9H14N2OS2. The second kappa shape index (κ2) is 6.27. The fraction of sp³-hybridized carbons (Fsp3) is 0.556. The lowest BCUT2D eigenvalue weighted by molar-refractivity contribution is 0.250.